The van der Waals surface area contributed by atoms with E-state index in [1.165, 1.54) is 5.56 Å². The fourth-order valence-corrected chi connectivity index (χ4v) is 2.96. The first-order chi connectivity index (χ1) is 10.4. The van der Waals surface area contributed by atoms with Gasteiger partial charge in [0.05, 0.1) is 12.2 Å². The molecule has 0 saturated heterocycles. The van der Waals surface area contributed by atoms with E-state index in [1.807, 2.05) is 6.92 Å². The molecule has 2 aromatic rings. The number of nitrogens with zero attached hydrogens (tertiary/aromatic N) is 1. The van der Waals surface area contributed by atoms with Crippen LogP contribution >= 0.6 is 11.3 Å². The molecule has 0 bridgehead atoms. The third kappa shape index (κ3) is 3.57. The number of rotatable bonds is 6. The molecule has 0 fully saturated rings. The molecule has 0 aliphatic rings. The summed E-state index contributed by atoms with van der Waals surface area (Å²) in [5, 5.41) is 12.7. The van der Waals surface area contributed by atoms with Crippen LogP contribution in [0.15, 0.2) is 12.1 Å². The third-order valence-corrected chi connectivity index (χ3v) is 4.59. The minimum atomic E-state index is -0.940. The largest absolute Gasteiger partial charge is 0.491 e. The number of aromatic nitrogens is 1. The van der Waals surface area contributed by atoms with Crippen molar-refractivity contribution in [3.05, 3.63) is 39.4 Å². The van der Waals surface area contributed by atoms with Gasteiger partial charge in [-0.15, -0.1) is 0 Å². The maximum Gasteiger partial charge on any atom is 0.347 e. The lowest BCUT2D eigenvalue weighted by atomic mass is 10.1. The number of carbonyl (C=O) groups is 1. The van der Waals surface area contributed by atoms with Crippen molar-refractivity contribution in [2.75, 3.05) is 18.5 Å². The van der Waals surface area contributed by atoms with Gasteiger partial charge in [-0.1, -0.05) is 23.5 Å². The molecule has 5 nitrogen and oxygen atoms in total. The van der Waals surface area contributed by atoms with Gasteiger partial charge in [0, 0.05) is 0 Å². The summed E-state index contributed by atoms with van der Waals surface area (Å²) in [6, 6.07) is 4.13. The number of thiazole rings is 1. The normalized spacial score (nSPS) is 10.5. The summed E-state index contributed by atoms with van der Waals surface area (Å²) in [7, 11) is 0. The smallest absolute Gasteiger partial charge is 0.347 e. The highest BCUT2D eigenvalue weighted by Gasteiger charge is 2.13. The van der Waals surface area contributed by atoms with Crippen molar-refractivity contribution in [1.82, 2.24) is 4.98 Å². The van der Waals surface area contributed by atoms with E-state index < -0.39 is 5.97 Å². The fraction of sp³-hybridized carbons (Fsp3) is 0.375. The molecule has 1 heterocycles. The molecule has 1 aromatic carbocycles. The zero-order valence-corrected chi connectivity index (χ0v) is 14.0. The molecule has 0 amide bonds. The maximum atomic E-state index is 11.0. The van der Waals surface area contributed by atoms with Crippen LogP contribution in [-0.2, 0) is 0 Å². The Bertz CT molecular complexity index is 695. The molecule has 0 unspecified atom stereocenters. The summed E-state index contributed by atoms with van der Waals surface area (Å²) >= 11 is 1.15. The molecule has 1 aromatic heterocycles. The lowest BCUT2D eigenvalue weighted by Crippen LogP contribution is -2.12. The molecule has 2 rings (SSSR count). The first kappa shape index (κ1) is 16.3. The van der Waals surface area contributed by atoms with Crippen molar-refractivity contribution in [3.8, 4) is 5.75 Å². The highest BCUT2D eigenvalue weighted by Crippen LogP contribution is 2.26. The van der Waals surface area contributed by atoms with Gasteiger partial charge >= 0.3 is 5.97 Å². The second kappa shape index (κ2) is 6.79. The van der Waals surface area contributed by atoms with Crippen molar-refractivity contribution in [2.45, 2.75) is 27.7 Å². The number of aryl methyl sites for hydroxylation is 3. The number of hydrogen-bond acceptors (Lipinski definition) is 5. The Labute approximate surface area is 134 Å². The molecule has 0 spiro atoms. The Kier molecular flexibility index (Phi) is 5.03. The van der Waals surface area contributed by atoms with E-state index in [2.05, 4.69) is 36.3 Å². The van der Waals surface area contributed by atoms with Crippen LogP contribution in [0.25, 0.3) is 0 Å². The Balaban J connectivity index is 1.92. The number of anilines is 1. The second-order valence-electron chi connectivity index (χ2n) is 5.17. The molecule has 6 heteroatoms. The van der Waals surface area contributed by atoms with Gasteiger partial charge in [-0.3, -0.25) is 0 Å². The Morgan fingerprint density at radius 3 is 2.59 bits per heavy atom. The molecular formula is C16H20N2O3S. The lowest BCUT2D eigenvalue weighted by Gasteiger charge is -2.14. The van der Waals surface area contributed by atoms with Gasteiger partial charge in [-0.05, 0) is 44.4 Å². The van der Waals surface area contributed by atoms with Crippen LogP contribution in [0.3, 0.4) is 0 Å². The summed E-state index contributed by atoms with van der Waals surface area (Å²) in [5.74, 6) is -0.0198. The molecule has 0 saturated carbocycles. The topological polar surface area (TPSA) is 71.5 Å². The van der Waals surface area contributed by atoms with Crippen LogP contribution < -0.4 is 10.1 Å². The third-order valence-electron chi connectivity index (χ3n) is 3.49. The van der Waals surface area contributed by atoms with Gasteiger partial charge in [0.1, 0.15) is 17.2 Å². The zero-order valence-electron chi connectivity index (χ0n) is 13.2. The average molecular weight is 320 g/mol. The van der Waals surface area contributed by atoms with E-state index in [-0.39, 0.29) is 4.88 Å². The SMILES string of the molecule is Cc1ccc(C)c(OCCNc2nc(C)c(C(=O)O)s2)c1C. The minimum Gasteiger partial charge on any atom is -0.491 e. The zero-order chi connectivity index (χ0) is 16.3. The van der Waals surface area contributed by atoms with Crippen molar-refractivity contribution in [2.24, 2.45) is 0 Å². The summed E-state index contributed by atoms with van der Waals surface area (Å²) in [4.78, 5) is 15.4. The van der Waals surface area contributed by atoms with E-state index in [0.29, 0.717) is 24.0 Å². The van der Waals surface area contributed by atoms with E-state index in [9.17, 15) is 4.79 Å². The number of carboxylic acid groups (broad SMARTS) is 1. The molecule has 2 N–H and O–H groups in total. The van der Waals surface area contributed by atoms with Crippen molar-refractivity contribution >= 4 is 22.4 Å². The molecular weight excluding hydrogens is 300 g/mol. The predicted molar refractivity (Wildman–Crippen MR) is 88.4 cm³/mol. The highest BCUT2D eigenvalue weighted by molar-refractivity contribution is 7.17. The monoisotopic (exact) mass is 320 g/mol. The molecule has 22 heavy (non-hydrogen) atoms. The molecule has 0 aliphatic carbocycles. The molecule has 0 atom stereocenters. The van der Waals surface area contributed by atoms with Gasteiger partial charge in [0.2, 0.25) is 0 Å². The van der Waals surface area contributed by atoms with Crippen LogP contribution in [-0.4, -0.2) is 29.2 Å². The molecule has 0 radical (unpaired) electrons. The van der Waals surface area contributed by atoms with E-state index in [4.69, 9.17) is 9.84 Å². The standard InChI is InChI=1S/C16H20N2O3S/c1-9-5-6-10(2)13(11(9)3)21-8-7-17-16-18-12(4)14(22-16)15(19)20/h5-6H,7-8H2,1-4H3,(H,17,18)(H,19,20). The van der Waals surface area contributed by atoms with Crippen molar-refractivity contribution < 1.29 is 14.6 Å². The first-order valence-corrected chi connectivity index (χ1v) is 7.86. The average Bonchev–Trinajstić information content (AvgIpc) is 2.83. The molecule has 118 valence electrons. The predicted octanol–water partition coefficient (Wildman–Crippen LogP) is 3.57. The van der Waals surface area contributed by atoms with Crippen molar-refractivity contribution in [1.29, 1.82) is 0 Å². The Morgan fingerprint density at radius 1 is 1.27 bits per heavy atom. The van der Waals surface area contributed by atoms with E-state index in [1.54, 1.807) is 6.92 Å². The summed E-state index contributed by atoms with van der Waals surface area (Å²) in [5.41, 5.74) is 4.00. The van der Waals surface area contributed by atoms with Crippen LogP contribution in [0.4, 0.5) is 5.13 Å². The number of nitrogens with one attached hydrogen (secondary N) is 1. The van der Waals surface area contributed by atoms with Gasteiger partial charge in [-0.25, -0.2) is 9.78 Å². The number of benzene rings is 1. The van der Waals surface area contributed by atoms with Gasteiger partial charge < -0.3 is 15.2 Å². The Morgan fingerprint density at radius 2 is 1.95 bits per heavy atom. The summed E-state index contributed by atoms with van der Waals surface area (Å²) < 4.78 is 5.85. The van der Waals surface area contributed by atoms with Gasteiger partial charge in [0.15, 0.2) is 5.13 Å². The first-order valence-electron chi connectivity index (χ1n) is 7.04. The molecule has 0 aliphatic heterocycles. The van der Waals surface area contributed by atoms with Crippen LogP contribution in [0.2, 0.25) is 0 Å². The van der Waals surface area contributed by atoms with Gasteiger partial charge in [-0.2, -0.15) is 0 Å². The van der Waals surface area contributed by atoms with E-state index >= 15 is 0 Å². The number of hydrogen-bond donors (Lipinski definition) is 2. The number of carboxylic acids is 1. The van der Waals surface area contributed by atoms with Crippen molar-refractivity contribution in [3.63, 3.8) is 0 Å². The lowest BCUT2D eigenvalue weighted by molar-refractivity contribution is 0.0701. The Hall–Kier alpha value is -2.08. The highest BCUT2D eigenvalue weighted by atomic mass is 32.1. The van der Waals surface area contributed by atoms with Crippen LogP contribution in [0.5, 0.6) is 5.75 Å². The van der Waals surface area contributed by atoms with E-state index in [0.717, 1.165) is 28.2 Å². The van der Waals surface area contributed by atoms with Crippen LogP contribution in [0, 0.1) is 27.7 Å². The second-order valence-corrected chi connectivity index (χ2v) is 6.17. The maximum absolute atomic E-state index is 11.0. The number of aromatic carboxylic acids is 1. The summed E-state index contributed by atoms with van der Waals surface area (Å²) in [6.45, 7) is 8.89. The van der Waals surface area contributed by atoms with Gasteiger partial charge in [0.25, 0.3) is 0 Å². The minimum absolute atomic E-state index is 0.272. The fourth-order valence-electron chi connectivity index (χ4n) is 2.13. The van der Waals surface area contributed by atoms with Crippen LogP contribution in [0.1, 0.15) is 32.1 Å². The number of ether oxygens (including phenoxy) is 1. The quantitative estimate of drug-likeness (QED) is 0.796. The summed E-state index contributed by atoms with van der Waals surface area (Å²) in [6.07, 6.45) is 0.